The molecule has 0 heterocycles. The van der Waals surface area contributed by atoms with Crippen molar-refractivity contribution in [2.45, 2.75) is 31.8 Å². The molecule has 0 aliphatic rings. The molecule has 7 heteroatoms. The van der Waals surface area contributed by atoms with E-state index in [0.717, 1.165) is 5.56 Å². The first-order valence-corrected chi connectivity index (χ1v) is 9.21. The number of esters is 1. The summed E-state index contributed by atoms with van der Waals surface area (Å²) in [5, 5.41) is 5.81. The number of rotatable bonds is 8. The topological polar surface area (TPSA) is 84.5 Å². The molecule has 2 amide bonds. The summed E-state index contributed by atoms with van der Waals surface area (Å²) in [5.74, 6) is -1.40. The molecule has 0 spiro atoms. The van der Waals surface area contributed by atoms with Crippen LogP contribution in [-0.4, -0.2) is 37.0 Å². The maximum absolute atomic E-state index is 12.8. The number of hydrogen-bond donors (Lipinski definition) is 2. The fourth-order valence-electron chi connectivity index (χ4n) is 2.80. The van der Waals surface area contributed by atoms with Crippen LogP contribution in [0.4, 0.5) is 0 Å². The van der Waals surface area contributed by atoms with Gasteiger partial charge in [0.15, 0.2) is 0 Å². The summed E-state index contributed by atoms with van der Waals surface area (Å²) in [6.45, 7) is 1.34. The molecule has 2 aromatic carbocycles. The number of ether oxygens (including phenoxy) is 1. The molecule has 6 nitrogen and oxygen atoms in total. The first kappa shape index (κ1) is 21.4. The summed E-state index contributed by atoms with van der Waals surface area (Å²) in [4.78, 5) is 36.6. The predicted molar refractivity (Wildman–Crippen MR) is 107 cm³/mol. The molecule has 2 rings (SSSR count). The number of nitrogens with one attached hydrogen (secondary N) is 2. The highest BCUT2D eigenvalue weighted by Gasteiger charge is 2.27. The smallest absolute Gasteiger partial charge is 0.328 e. The molecule has 0 unspecified atom stereocenters. The van der Waals surface area contributed by atoms with Gasteiger partial charge in [0.1, 0.15) is 12.1 Å². The third-order valence-electron chi connectivity index (χ3n) is 4.16. The van der Waals surface area contributed by atoms with Crippen molar-refractivity contribution in [2.75, 3.05) is 7.11 Å². The summed E-state index contributed by atoms with van der Waals surface area (Å²) in [5.41, 5.74) is 1.59. The average molecular weight is 403 g/mol. The fraction of sp³-hybridized carbons (Fsp3) is 0.286. The highest BCUT2D eigenvalue weighted by atomic mass is 35.5. The molecular formula is C21H23ClN2O4. The van der Waals surface area contributed by atoms with Crippen molar-refractivity contribution in [3.05, 3.63) is 70.7 Å². The Balaban J connectivity index is 2.17. The number of hydrogen-bond acceptors (Lipinski definition) is 4. The van der Waals surface area contributed by atoms with Crippen molar-refractivity contribution in [3.63, 3.8) is 0 Å². The van der Waals surface area contributed by atoms with Gasteiger partial charge in [0.25, 0.3) is 0 Å². The van der Waals surface area contributed by atoms with Gasteiger partial charge in [-0.05, 0) is 17.2 Å². The zero-order chi connectivity index (χ0) is 20.5. The zero-order valence-corrected chi connectivity index (χ0v) is 16.5. The van der Waals surface area contributed by atoms with E-state index in [2.05, 4.69) is 10.6 Å². The summed E-state index contributed by atoms with van der Waals surface area (Å²) >= 11 is 6.17. The molecule has 0 fully saturated rings. The van der Waals surface area contributed by atoms with E-state index < -0.39 is 24.0 Å². The van der Waals surface area contributed by atoms with Crippen molar-refractivity contribution >= 4 is 29.4 Å². The van der Waals surface area contributed by atoms with E-state index in [1.54, 1.807) is 24.3 Å². The lowest BCUT2D eigenvalue weighted by Gasteiger charge is -2.22. The monoisotopic (exact) mass is 402 g/mol. The minimum Gasteiger partial charge on any atom is -0.467 e. The van der Waals surface area contributed by atoms with E-state index in [0.29, 0.717) is 17.0 Å². The number of carbonyl (C=O) groups excluding carboxylic acids is 3. The van der Waals surface area contributed by atoms with Crippen LogP contribution in [0.3, 0.4) is 0 Å². The van der Waals surface area contributed by atoms with Crippen LogP contribution in [0.2, 0.25) is 5.02 Å². The van der Waals surface area contributed by atoms with Crippen LogP contribution >= 0.6 is 11.6 Å². The number of halogens is 1. The van der Waals surface area contributed by atoms with Crippen molar-refractivity contribution < 1.29 is 19.1 Å². The molecule has 2 N–H and O–H groups in total. The number of benzene rings is 2. The maximum Gasteiger partial charge on any atom is 0.328 e. The minimum absolute atomic E-state index is 0.177. The normalized spacial score (nSPS) is 12.5. The van der Waals surface area contributed by atoms with Gasteiger partial charge in [-0.2, -0.15) is 0 Å². The zero-order valence-electron chi connectivity index (χ0n) is 15.8. The molecule has 0 aliphatic heterocycles. The molecule has 0 saturated heterocycles. The van der Waals surface area contributed by atoms with E-state index in [9.17, 15) is 14.4 Å². The average Bonchev–Trinajstić information content (AvgIpc) is 2.68. The summed E-state index contributed by atoms with van der Waals surface area (Å²) < 4.78 is 4.82. The Morgan fingerprint density at radius 3 is 2.18 bits per heavy atom. The highest BCUT2D eigenvalue weighted by molar-refractivity contribution is 6.31. The first-order chi connectivity index (χ1) is 13.4. The van der Waals surface area contributed by atoms with Crippen LogP contribution in [0.1, 0.15) is 18.1 Å². The molecule has 28 heavy (non-hydrogen) atoms. The third kappa shape index (κ3) is 6.39. The van der Waals surface area contributed by atoms with E-state index in [4.69, 9.17) is 16.3 Å². The molecule has 2 aromatic rings. The Kier molecular flexibility index (Phi) is 8.02. The highest BCUT2D eigenvalue weighted by Crippen LogP contribution is 2.17. The summed E-state index contributed by atoms with van der Waals surface area (Å²) in [6.07, 6.45) is 0.475. The van der Waals surface area contributed by atoms with Crippen LogP contribution in [0, 0.1) is 0 Å². The number of methoxy groups -OCH3 is 1. The lowest BCUT2D eigenvalue weighted by molar-refractivity contribution is -0.145. The van der Waals surface area contributed by atoms with Gasteiger partial charge in [-0.1, -0.05) is 60.1 Å². The minimum atomic E-state index is -0.926. The van der Waals surface area contributed by atoms with Crippen LogP contribution in [0.15, 0.2) is 54.6 Å². The van der Waals surface area contributed by atoms with Crippen LogP contribution in [-0.2, 0) is 32.0 Å². The molecule has 0 radical (unpaired) electrons. The van der Waals surface area contributed by atoms with Gasteiger partial charge in [0.2, 0.25) is 11.8 Å². The second-order valence-corrected chi connectivity index (χ2v) is 6.73. The first-order valence-electron chi connectivity index (χ1n) is 8.83. The standard InChI is InChI=1S/C21H23ClN2O4/c1-14(25)23-18(12-15-8-4-3-5-9-15)20(26)24-19(21(27)28-2)13-16-10-6-7-11-17(16)22/h3-11,18-19H,12-13H2,1-2H3,(H,23,25)(H,24,26)/t18-,19+/m1/s1. The summed E-state index contributed by atoms with van der Waals surface area (Å²) in [6, 6.07) is 14.6. The van der Waals surface area contributed by atoms with Gasteiger partial charge in [-0.3, -0.25) is 9.59 Å². The number of carbonyl (C=O) groups is 3. The van der Waals surface area contributed by atoms with E-state index >= 15 is 0 Å². The summed E-state index contributed by atoms with van der Waals surface area (Å²) in [7, 11) is 1.25. The Morgan fingerprint density at radius 1 is 0.929 bits per heavy atom. The molecule has 0 aliphatic carbocycles. The third-order valence-corrected chi connectivity index (χ3v) is 4.53. The lowest BCUT2D eigenvalue weighted by atomic mass is 10.0. The van der Waals surface area contributed by atoms with Crippen molar-refractivity contribution in [1.82, 2.24) is 10.6 Å². The van der Waals surface area contributed by atoms with Crippen LogP contribution in [0.25, 0.3) is 0 Å². The lowest BCUT2D eigenvalue weighted by Crippen LogP contribution is -2.53. The van der Waals surface area contributed by atoms with E-state index in [1.165, 1.54) is 14.0 Å². The van der Waals surface area contributed by atoms with Crippen molar-refractivity contribution in [2.24, 2.45) is 0 Å². The van der Waals surface area contributed by atoms with Gasteiger partial charge in [-0.25, -0.2) is 4.79 Å². The Morgan fingerprint density at radius 2 is 1.57 bits per heavy atom. The second kappa shape index (κ2) is 10.5. The Hall–Kier alpha value is -2.86. The van der Waals surface area contributed by atoms with Gasteiger partial charge in [0, 0.05) is 24.8 Å². The molecule has 0 saturated carbocycles. The fourth-order valence-corrected chi connectivity index (χ4v) is 3.01. The second-order valence-electron chi connectivity index (χ2n) is 6.32. The van der Waals surface area contributed by atoms with Gasteiger partial charge >= 0.3 is 5.97 Å². The molecule has 148 valence electrons. The van der Waals surface area contributed by atoms with Crippen LogP contribution < -0.4 is 10.6 Å². The predicted octanol–water partition coefficient (Wildman–Crippen LogP) is 2.29. The Labute approximate surface area is 169 Å². The van der Waals surface area contributed by atoms with E-state index in [-0.39, 0.29) is 12.3 Å². The van der Waals surface area contributed by atoms with E-state index in [1.807, 2.05) is 30.3 Å². The maximum atomic E-state index is 12.8. The van der Waals surface area contributed by atoms with Crippen LogP contribution in [0.5, 0.6) is 0 Å². The molecule has 0 bridgehead atoms. The largest absolute Gasteiger partial charge is 0.467 e. The van der Waals surface area contributed by atoms with Crippen molar-refractivity contribution in [3.8, 4) is 0 Å². The number of amides is 2. The van der Waals surface area contributed by atoms with Gasteiger partial charge in [0.05, 0.1) is 7.11 Å². The van der Waals surface area contributed by atoms with Gasteiger partial charge in [-0.15, -0.1) is 0 Å². The van der Waals surface area contributed by atoms with Crippen molar-refractivity contribution in [1.29, 1.82) is 0 Å². The SMILES string of the molecule is COC(=O)[C@H](Cc1ccccc1Cl)NC(=O)[C@@H](Cc1ccccc1)NC(C)=O. The molecule has 0 aromatic heterocycles. The Bertz CT molecular complexity index is 826. The molecular weight excluding hydrogens is 380 g/mol. The van der Waals surface area contributed by atoms with Gasteiger partial charge < -0.3 is 15.4 Å². The molecule has 2 atom stereocenters. The quantitative estimate of drug-likeness (QED) is 0.663.